The molecular formula is C14H17BrN2O. The summed E-state index contributed by atoms with van der Waals surface area (Å²) < 4.78 is 0. The van der Waals surface area contributed by atoms with E-state index in [0.29, 0.717) is 10.2 Å². The topological polar surface area (TPSA) is 48.6 Å². The van der Waals surface area contributed by atoms with E-state index in [1.807, 2.05) is 6.07 Å². The highest BCUT2D eigenvalue weighted by Gasteiger charge is 2.36. The SMILES string of the molecule is CC1(C(Br)c2ccc3[nH]c(=O)[nH]c3c2)CCCC1. The highest BCUT2D eigenvalue weighted by Crippen LogP contribution is 2.51. The van der Waals surface area contributed by atoms with Crippen molar-refractivity contribution < 1.29 is 0 Å². The van der Waals surface area contributed by atoms with Gasteiger partial charge in [-0.15, -0.1) is 0 Å². The Balaban J connectivity index is 2.00. The number of aromatic amines is 2. The van der Waals surface area contributed by atoms with Gasteiger partial charge in [-0.05, 0) is 36.0 Å². The molecule has 3 rings (SSSR count). The molecule has 0 amide bonds. The summed E-state index contributed by atoms with van der Waals surface area (Å²) in [7, 11) is 0. The van der Waals surface area contributed by atoms with Crippen LogP contribution in [0.4, 0.5) is 0 Å². The van der Waals surface area contributed by atoms with E-state index in [-0.39, 0.29) is 5.69 Å². The van der Waals surface area contributed by atoms with Crippen LogP contribution in [0.15, 0.2) is 23.0 Å². The zero-order valence-electron chi connectivity index (χ0n) is 10.4. The Bertz CT molecular complexity index is 622. The first-order chi connectivity index (χ1) is 8.58. The molecule has 18 heavy (non-hydrogen) atoms. The molecule has 1 saturated carbocycles. The van der Waals surface area contributed by atoms with Crippen LogP contribution < -0.4 is 5.69 Å². The van der Waals surface area contributed by atoms with Gasteiger partial charge in [-0.25, -0.2) is 4.79 Å². The van der Waals surface area contributed by atoms with Gasteiger partial charge in [-0.1, -0.05) is 41.8 Å². The third-order valence-corrected chi connectivity index (χ3v) is 5.82. The van der Waals surface area contributed by atoms with Crippen LogP contribution in [0.1, 0.15) is 43.0 Å². The van der Waals surface area contributed by atoms with Crippen LogP contribution in [0.2, 0.25) is 0 Å². The van der Waals surface area contributed by atoms with Gasteiger partial charge in [0.15, 0.2) is 0 Å². The van der Waals surface area contributed by atoms with Gasteiger partial charge in [0.2, 0.25) is 0 Å². The Labute approximate surface area is 114 Å². The number of aromatic nitrogens is 2. The van der Waals surface area contributed by atoms with E-state index in [2.05, 4.69) is 45.0 Å². The summed E-state index contributed by atoms with van der Waals surface area (Å²) in [5.41, 5.74) is 3.22. The van der Waals surface area contributed by atoms with E-state index in [0.717, 1.165) is 11.0 Å². The number of fused-ring (bicyclic) bond motifs is 1. The molecule has 1 aliphatic carbocycles. The first kappa shape index (κ1) is 12.0. The monoisotopic (exact) mass is 308 g/mol. The van der Waals surface area contributed by atoms with Gasteiger partial charge >= 0.3 is 5.69 Å². The smallest absolute Gasteiger partial charge is 0.306 e. The minimum absolute atomic E-state index is 0.139. The molecule has 1 fully saturated rings. The van der Waals surface area contributed by atoms with Crippen LogP contribution in [-0.2, 0) is 0 Å². The minimum Gasteiger partial charge on any atom is -0.306 e. The number of hydrogen-bond acceptors (Lipinski definition) is 1. The lowest BCUT2D eigenvalue weighted by molar-refractivity contribution is 0.331. The van der Waals surface area contributed by atoms with Crippen LogP contribution in [-0.4, -0.2) is 9.97 Å². The van der Waals surface area contributed by atoms with Gasteiger partial charge < -0.3 is 9.97 Å². The predicted molar refractivity (Wildman–Crippen MR) is 77.2 cm³/mol. The average Bonchev–Trinajstić information content (AvgIpc) is 2.93. The van der Waals surface area contributed by atoms with Crippen molar-refractivity contribution in [3.8, 4) is 0 Å². The standard InChI is InChI=1S/C14H17BrN2O/c1-14(6-2-3-7-14)12(15)9-4-5-10-11(8-9)17-13(18)16-10/h4-5,8,12H,2-3,6-7H2,1H3,(H2,16,17,18). The summed E-state index contributed by atoms with van der Waals surface area (Å²) in [5.74, 6) is 0. The molecule has 4 heteroatoms. The molecule has 1 heterocycles. The van der Waals surface area contributed by atoms with Crippen molar-refractivity contribution in [2.24, 2.45) is 5.41 Å². The summed E-state index contributed by atoms with van der Waals surface area (Å²) in [6.07, 6.45) is 5.18. The van der Waals surface area contributed by atoms with Gasteiger partial charge in [0.1, 0.15) is 0 Å². The van der Waals surface area contributed by atoms with Crippen LogP contribution in [0.5, 0.6) is 0 Å². The molecule has 1 aromatic heterocycles. The van der Waals surface area contributed by atoms with Crippen molar-refractivity contribution in [1.82, 2.24) is 9.97 Å². The lowest BCUT2D eigenvalue weighted by Crippen LogP contribution is -2.17. The third kappa shape index (κ3) is 1.92. The van der Waals surface area contributed by atoms with E-state index >= 15 is 0 Å². The zero-order chi connectivity index (χ0) is 12.8. The first-order valence-corrected chi connectivity index (χ1v) is 7.36. The van der Waals surface area contributed by atoms with Gasteiger partial charge in [0.05, 0.1) is 11.0 Å². The highest BCUT2D eigenvalue weighted by atomic mass is 79.9. The zero-order valence-corrected chi connectivity index (χ0v) is 12.0. The number of rotatable bonds is 2. The number of H-pyrrole nitrogens is 2. The van der Waals surface area contributed by atoms with Gasteiger partial charge in [-0.2, -0.15) is 0 Å². The molecule has 1 atom stereocenters. The number of hydrogen-bond donors (Lipinski definition) is 2. The number of alkyl halides is 1. The predicted octanol–water partition coefficient (Wildman–Crippen LogP) is 3.87. The molecule has 1 aromatic carbocycles. The molecule has 2 N–H and O–H groups in total. The summed E-state index contributed by atoms with van der Waals surface area (Å²) in [5, 5.41) is 0. The van der Waals surface area contributed by atoms with E-state index in [4.69, 9.17) is 0 Å². The summed E-state index contributed by atoms with van der Waals surface area (Å²) in [6.45, 7) is 2.35. The second kappa shape index (κ2) is 4.26. The molecule has 0 bridgehead atoms. The second-order valence-electron chi connectivity index (χ2n) is 5.61. The summed E-state index contributed by atoms with van der Waals surface area (Å²) >= 11 is 3.86. The van der Waals surface area contributed by atoms with Crippen LogP contribution in [0, 0.1) is 5.41 Å². The fraction of sp³-hybridized carbons (Fsp3) is 0.500. The Morgan fingerprint density at radius 1 is 1.22 bits per heavy atom. The molecule has 1 unspecified atom stereocenters. The highest BCUT2D eigenvalue weighted by molar-refractivity contribution is 9.09. The number of imidazole rings is 1. The van der Waals surface area contributed by atoms with Crippen molar-refractivity contribution in [2.45, 2.75) is 37.4 Å². The van der Waals surface area contributed by atoms with Crippen molar-refractivity contribution in [3.63, 3.8) is 0 Å². The maximum atomic E-state index is 11.3. The molecule has 3 nitrogen and oxygen atoms in total. The largest absolute Gasteiger partial charge is 0.323 e. The van der Waals surface area contributed by atoms with Crippen molar-refractivity contribution in [1.29, 1.82) is 0 Å². The Morgan fingerprint density at radius 2 is 1.89 bits per heavy atom. The molecule has 0 aliphatic heterocycles. The van der Waals surface area contributed by atoms with E-state index in [9.17, 15) is 4.79 Å². The van der Waals surface area contributed by atoms with E-state index < -0.39 is 0 Å². The van der Waals surface area contributed by atoms with E-state index in [1.165, 1.54) is 31.2 Å². The molecular weight excluding hydrogens is 292 g/mol. The maximum Gasteiger partial charge on any atom is 0.323 e. The number of benzene rings is 1. The minimum atomic E-state index is -0.139. The van der Waals surface area contributed by atoms with Crippen molar-refractivity contribution in [3.05, 3.63) is 34.2 Å². The molecule has 0 saturated heterocycles. The quantitative estimate of drug-likeness (QED) is 0.813. The van der Waals surface area contributed by atoms with E-state index in [1.54, 1.807) is 0 Å². The third-order valence-electron chi connectivity index (χ3n) is 4.19. The molecule has 0 spiro atoms. The molecule has 2 aromatic rings. The summed E-state index contributed by atoms with van der Waals surface area (Å²) in [6, 6.07) is 6.17. The van der Waals surface area contributed by atoms with Crippen LogP contribution in [0.3, 0.4) is 0 Å². The van der Waals surface area contributed by atoms with Crippen molar-refractivity contribution >= 4 is 27.0 Å². The average molecular weight is 309 g/mol. The van der Waals surface area contributed by atoms with Gasteiger partial charge in [0, 0.05) is 4.83 Å². The lowest BCUT2D eigenvalue weighted by Gasteiger charge is -2.30. The number of nitrogens with one attached hydrogen (secondary N) is 2. The summed E-state index contributed by atoms with van der Waals surface area (Å²) in [4.78, 5) is 17.2. The lowest BCUT2D eigenvalue weighted by atomic mass is 9.82. The Morgan fingerprint density at radius 3 is 2.61 bits per heavy atom. The fourth-order valence-corrected chi connectivity index (χ4v) is 3.79. The van der Waals surface area contributed by atoms with Crippen LogP contribution in [0.25, 0.3) is 11.0 Å². The molecule has 96 valence electrons. The molecule has 0 radical (unpaired) electrons. The first-order valence-electron chi connectivity index (χ1n) is 6.44. The normalized spacial score (nSPS) is 20.3. The Hall–Kier alpha value is -1.03. The van der Waals surface area contributed by atoms with Crippen molar-refractivity contribution in [2.75, 3.05) is 0 Å². The van der Waals surface area contributed by atoms with Crippen LogP contribution >= 0.6 is 15.9 Å². The number of halogens is 1. The fourth-order valence-electron chi connectivity index (χ4n) is 3.05. The van der Waals surface area contributed by atoms with Gasteiger partial charge in [0.25, 0.3) is 0 Å². The maximum absolute atomic E-state index is 11.3. The Kier molecular flexibility index (Phi) is 2.85. The second-order valence-corrected chi connectivity index (χ2v) is 6.52. The van der Waals surface area contributed by atoms with Gasteiger partial charge in [-0.3, -0.25) is 0 Å². The molecule has 1 aliphatic rings.